The average molecular weight is 490 g/mol. The topological polar surface area (TPSA) is 63.5 Å². The van der Waals surface area contributed by atoms with Crippen LogP contribution in [0, 0.1) is 6.92 Å². The van der Waals surface area contributed by atoms with Crippen molar-refractivity contribution < 1.29 is 4.74 Å². The highest BCUT2D eigenvalue weighted by Gasteiger charge is 2.38. The summed E-state index contributed by atoms with van der Waals surface area (Å²) in [5, 5.41) is 7.13. The molecule has 0 bridgehead atoms. The number of nitrogens with one attached hydrogen (secondary N) is 2. The van der Waals surface area contributed by atoms with Gasteiger partial charge in [0, 0.05) is 44.5 Å². The van der Waals surface area contributed by atoms with Crippen molar-refractivity contribution in [1.29, 1.82) is 0 Å². The lowest BCUT2D eigenvalue weighted by Crippen LogP contribution is -2.59. The third-order valence-corrected chi connectivity index (χ3v) is 8.03. The van der Waals surface area contributed by atoms with Crippen molar-refractivity contribution in [3.8, 4) is 5.69 Å². The van der Waals surface area contributed by atoms with Crippen LogP contribution in [0.1, 0.15) is 43.4 Å². The molecule has 7 nitrogen and oxygen atoms in total. The molecular formula is C29H39N5O2. The molecule has 1 aliphatic carbocycles. The SMILES string of the molecule is Cc1c(Nc2ccc(CNCC3(N4CCOCC4)CCCCC3)cc2)c(=O)n(-c2ccccc2)n1C. The lowest BCUT2D eigenvalue weighted by atomic mass is 9.79. The average Bonchev–Trinajstić information content (AvgIpc) is 3.14. The van der Waals surface area contributed by atoms with Gasteiger partial charge in [0.15, 0.2) is 0 Å². The number of hydrogen-bond acceptors (Lipinski definition) is 5. The first-order valence-corrected chi connectivity index (χ1v) is 13.3. The second kappa shape index (κ2) is 11.0. The van der Waals surface area contributed by atoms with Gasteiger partial charge in [-0.3, -0.25) is 14.4 Å². The number of anilines is 2. The van der Waals surface area contributed by atoms with Gasteiger partial charge in [-0.2, -0.15) is 0 Å². The van der Waals surface area contributed by atoms with E-state index in [2.05, 4.69) is 39.8 Å². The first-order chi connectivity index (χ1) is 17.6. The number of nitrogens with zero attached hydrogens (tertiary/aromatic N) is 3. The lowest BCUT2D eigenvalue weighted by Gasteiger charge is -2.48. The van der Waals surface area contributed by atoms with E-state index in [0.717, 1.165) is 56.5 Å². The molecule has 0 radical (unpaired) electrons. The summed E-state index contributed by atoms with van der Waals surface area (Å²) in [4.78, 5) is 15.9. The van der Waals surface area contributed by atoms with Gasteiger partial charge in [-0.25, -0.2) is 4.68 Å². The molecule has 2 aliphatic rings. The summed E-state index contributed by atoms with van der Waals surface area (Å²) in [6, 6.07) is 18.2. The predicted octanol–water partition coefficient (Wildman–Crippen LogP) is 4.35. The molecular weight excluding hydrogens is 450 g/mol. The van der Waals surface area contributed by atoms with E-state index in [4.69, 9.17) is 4.74 Å². The number of morpholine rings is 1. The Labute approximate surface area is 214 Å². The van der Waals surface area contributed by atoms with Gasteiger partial charge in [-0.15, -0.1) is 0 Å². The molecule has 0 amide bonds. The molecule has 192 valence electrons. The van der Waals surface area contributed by atoms with E-state index in [0.29, 0.717) is 5.69 Å². The summed E-state index contributed by atoms with van der Waals surface area (Å²) in [5.74, 6) is 0. The van der Waals surface area contributed by atoms with Crippen molar-refractivity contribution in [2.45, 2.75) is 51.1 Å². The molecule has 0 spiro atoms. The molecule has 1 saturated carbocycles. The summed E-state index contributed by atoms with van der Waals surface area (Å²) >= 11 is 0. The van der Waals surface area contributed by atoms with Crippen molar-refractivity contribution in [3.05, 3.63) is 76.2 Å². The zero-order valence-corrected chi connectivity index (χ0v) is 21.6. The maximum absolute atomic E-state index is 13.2. The van der Waals surface area contributed by atoms with Crippen molar-refractivity contribution in [3.63, 3.8) is 0 Å². The normalized spacial score (nSPS) is 18.3. The van der Waals surface area contributed by atoms with Gasteiger partial charge in [0.25, 0.3) is 5.56 Å². The molecule has 2 aromatic carbocycles. The summed E-state index contributed by atoms with van der Waals surface area (Å²) in [6.45, 7) is 7.64. The summed E-state index contributed by atoms with van der Waals surface area (Å²) in [5.41, 5.74) is 4.75. The van der Waals surface area contributed by atoms with Gasteiger partial charge in [0.2, 0.25) is 0 Å². The predicted molar refractivity (Wildman–Crippen MR) is 145 cm³/mol. The van der Waals surface area contributed by atoms with E-state index in [9.17, 15) is 4.79 Å². The number of aromatic nitrogens is 2. The van der Waals surface area contributed by atoms with Crippen LogP contribution in [-0.4, -0.2) is 52.7 Å². The zero-order valence-electron chi connectivity index (χ0n) is 21.6. The Morgan fingerprint density at radius 1 is 0.944 bits per heavy atom. The van der Waals surface area contributed by atoms with E-state index in [-0.39, 0.29) is 11.1 Å². The Hall–Kier alpha value is -2.87. The fraction of sp³-hybridized carbons (Fsp3) is 0.483. The Balaban J connectivity index is 1.23. The smallest absolute Gasteiger partial charge is 0.295 e. The van der Waals surface area contributed by atoms with E-state index >= 15 is 0 Å². The minimum atomic E-state index is -0.0483. The maximum atomic E-state index is 13.2. The molecule has 7 heteroatoms. The Morgan fingerprint density at radius 2 is 1.64 bits per heavy atom. The third kappa shape index (κ3) is 5.14. The van der Waals surface area contributed by atoms with E-state index in [1.54, 1.807) is 4.68 Å². The van der Waals surface area contributed by atoms with Crippen LogP contribution in [0.2, 0.25) is 0 Å². The molecule has 1 aliphatic heterocycles. The number of benzene rings is 2. The van der Waals surface area contributed by atoms with Crippen LogP contribution in [0.5, 0.6) is 0 Å². The van der Waals surface area contributed by atoms with Crippen LogP contribution in [0.3, 0.4) is 0 Å². The third-order valence-electron chi connectivity index (χ3n) is 8.03. The van der Waals surface area contributed by atoms with E-state index < -0.39 is 0 Å². The molecule has 2 heterocycles. The molecule has 0 unspecified atom stereocenters. The second-order valence-electron chi connectivity index (χ2n) is 10.2. The van der Waals surface area contributed by atoms with Crippen LogP contribution in [0.4, 0.5) is 11.4 Å². The highest BCUT2D eigenvalue weighted by Crippen LogP contribution is 2.34. The molecule has 0 atom stereocenters. The highest BCUT2D eigenvalue weighted by molar-refractivity contribution is 5.62. The lowest BCUT2D eigenvalue weighted by molar-refractivity contribution is -0.0369. The monoisotopic (exact) mass is 489 g/mol. The zero-order chi connectivity index (χ0) is 25.0. The summed E-state index contributed by atoms with van der Waals surface area (Å²) in [7, 11) is 1.92. The number of hydrogen-bond donors (Lipinski definition) is 2. The van der Waals surface area contributed by atoms with Gasteiger partial charge in [-0.1, -0.05) is 49.6 Å². The molecule has 2 fully saturated rings. The standard InChI is InChI=1S/C29H39N5O2/c1-23-27(28(35)34(32(23)2)26-9-5-3-6-10-26)31-25-13-11-24(12-14-25)21-30-22-29(15-7-4-8-16-29)33-17-19-36-20-18-33/h3,5-6,9-14,30-31H,4,7-8,15-22H2,1-2H3. The van der Waals surface area contributed by atoms with Crippen LogP contribution in [0.15, 0.2) is 59.4 Å². The van der Waals surface area contributed by atoms with Crippen molar-refractivity contribution in [2.75, 3.05) is 38.2 Å². The van der Waals surface area contributed by atoms with Gasteiger partial charge >= 0.3 is 0 Å². The second-order valence-corrected chi connectivity index (χ2v) is 10.2. The quantitative estimate of drug-likeness (QED) is 0.493. The number of ether oxygens (including phenoxy) is 1. The van der Waals surface area contributed by atoms with Crippen molar-refractivity contribution in [2.24, 2.45) is 7.05 Å². The van der Waals surface area contributed by atoms with Gasteiger partial charge in [-0.05, 0) is 49.6 Å². The van der Waals surface area contributed by atoms with Gasteiger partial charge in [0.1, 0.15) is 5.69 Å². The molecule has 1 saturated heterocycles. The number of rotatable bonds is 8. The molecule has 5 rings (SSSR count). The largest absolute Gasteiger partial charge is 0.379 e. The Bertz CT molecular complexity index is 1190. The summed E-state index contributed by atoms with van der Waals surface area (Å²) < 4.78 is 9.21. The van der Waals surface area contributed by atoms with E-state index in [1.165, 1.54) is 37.7 Å². The van der Waals surface area contributed by atoms with E-state index in [1.807, 2.05) is 49.0 Å². The van der Waals surface area contributed by atoms with Crippen molar-refractivity contribution in [1.82, 2.24) is 19.6 Å². The first kappa shape index (κ1) is 24.8. The van der Waals surface area contributed by atoms with Crippen LogP contribution < -0.4 is 16.2 Å². The van der Waals surface area contributed by atoms with Gasteiger partial charge in [0.05, 0.1) is 24.6 Å². The number of para-hydroxylation sites is 1. The molecule has 1 aromatic heterocycles. The fourth-order valence-corrected chi connectivity index (χ4v) is 5.85. The maximum Gasteiger partial charge on any atom is 0.295 e. The van der Waals surface area contributed by atoms with Crippen LogP contribution in [0.25, 0.3) is 5.69 Å². The van der Waals surface area contributed by atoms with Crippen LogP contribution in [-0.2, 0) is 18.3 Å². The molecule has 36 heavy (non-hydrogen) atoms. The van der Waals surface area contributed by atoms with Crippen molar-refractivity contribution >= 4 is 11.4 Å². The molecule has 3 aromatic rings. The first-order valence-electron chi connectivity index (χ1n) is 13.3. The minimum absolute atomic E-state index is 0.0483. The Morgan fingerprint density at radius 3 is 2.33 bits per heavy atom. The van der Waals surface area contributed by atoms with Gasteiger partial charge < -0.3 is 15.4 Å². The highest BCUT2D eigenvalue weighted by atomic mass is 16.5. The Kier molecular flexibility index (Phi) is 7.60. The van der Waals surface area contributed by atoms with Crippen LogP contribution >= 0.6 is 0 Å². The summed E-state index contributed by atoms with van der Waals surface area (Å²) in [6.07, 6.45) is 6.56. The fourth-order valence-electron chi connectivity index (χ4n) is 5.85. The molecule has 2 N–H and O–H groups in total. The minimum Gasteiger partial charge on any atom is -0.379 e.